The third kappa shape index (κ3) is 0.889. The van der Waals surface area contributed by atoms with E-state index in [1.165, 1.54) is 11.8 Å². The third-order valence-corrected chi connectivity index (χ3v) is 1.68. The molecular weight excluding hydrogens is 132 g/mol. The van der Waals surface area contributed by atoms with Crippen molar-refractivity contribution in [2.75, 3.05) is 5.88 Å². The molecule has 5 heteroatoms. The van der Waals surface area contributed by atoms with Crippen molar-refractivity contribution in [3.05, 3.63) is 0 Å². The van der Waals surface area contributed by atoms with Crippen molar-refractivity contribution in [1.29, 1.82) is 0 Å². The number of hydrogen-bond donors (Lipinski definition) is 1. The molecule has 1 aliphatic rings. The van der Waals surface area contributed by atoms with E-state index in [0.29, 0.717) is 5.88 Å². The monoisotopic (exact) mass is 135 g/mol. The summed E-state index contributed by atoms with van der Waals surface area (Å²) < 4.78 is 1.06. The van der Waals surface area contributed by atoms with Gasteiger partial charge in [0.1, 0.15) is 5.88 Å². The second kappa shape index (κ2) is 1.75. The molecule has 0 saturated carbocycles. The Balaban J connectivity index is 2.65. The maximum Gasteiger partial charge on any atom is 0.493 e. The zero-order valence-corrected chi connectivity index (χ0v) is 5.01. The molecule has 0 spiro atoms. The highest BCUT2D eigenvalue weighted by Crippen LogP contribution is 2.06. The fraction of sp³-hybridized carbons (Fsp3) is 0.500. The van der Waals surface area contributed by atoms with E-state index in [0.717, 1.165) is 4.05 Å². The minimum Gasteiger partial charge on any atom is -0.203 e. The molecule has 1 amide bonds. The number of thioether (sulfide) groups is 1. The summed E-state index contributed by atoms with van der Waals surface area (Å²) in [6, 6.07) is 0. The lowest BCUT2D eigenvalue weighted by Crippen LogP contribution is -2.18. The van der Waals surface area contributed by atoms with Gasteiger partial charge in [0.05, 0.1) is 0 Å². The van der Waals surface area contributed by atoms with Crippen molar-refractivity contribution in [2.24, 2.45) is 0 Å². The molecule has 0 aliphatic carbocycles. The second-order valence-electron chi connectivity index (χ2n) is 1.01. The van der Waals surface area contributed by atoms with E-state index in [9.17, 15) is 4.79 Å². The van der Waals surface area contributed by atoms with Crippen molar-refractivity contribution in [2.45, 2.75) is 0 Å². The molecule has 1 aliphatic heterocycles. The van der Waals surface area contributed by atoms with Gasteiger partial charge in [0.15, 0.2) is 0 Å². The average molecular weight is 135 g/mol. The molecule has 0 aromatic rings. The van der Waals surface area contributed by atoms with Crippen molar-refractivity contribution in [3.8, 4) is 0 Å². The molecule has 1 rings (SSSR count). The predicted octanol–water partition coefficient (Wildman–Crippen LogP) is 0.0583. The van der Waals surface area contributed by atoms with Crippen molar-refractivity contribution < 1.29 is 8.85 Å². The van der Waals surface area contributed by atoms with E-state index < -0.39 is 0 Å². The highest BCUT2D eigenvalue weighted by atomic mass is 32.2. The average Bonchev–Trinajstić information content (AvgIpc) is 1.91. The van der Waals surface area contributed by atoms with Crippen molar-refractivity contribution in [1.82, 2.24) is 5.43 Å². The number of hydrogen-bond acceptors (Lipinski definition) is 3. The predicted molar refractivity (Wildman–Crippen MR) is 28.6 cm³/mol. The lowest BCUT2D eigenvalue weighted by molar-refractivity contribution is -0.444. The van der Waals surface area contributed by atoms with Crippen LogP contribution in [0.15, 0.2) is 0 Å². The molecule has 1 fully saturated rings. The van der Waals surface area contributed by atoms with Gasteiger partial charge in [0.25, 0.3) is 0 Å². The molecule has 1 N–H and O–H groups in total. The van der Waals surface area contributed by atoms with Gasteiger partial charge < -0.3 is 0 Å². The first-order chi connectivity index (χ1) is 3.30. The Morgan fingerprint density at radius 2 is 2.71 bits per heavy atom. The summed E-state index contributed by atoms with van der Waals surface area (Å²) in [5.74, 6) is 0.613. The smallest absolute Gasteiger partial charge is 0.203 e. The molecule has 3 nitrogen and oxygen atoms in total. The van der Waals surface area contributed by atoms with Crippen LogP contribution in [0.2, 0.25) is 0 Å². The first-order valence-electron chi connectivity index (χ1n) is 1.68. The maximum absolute atomic E-state index is 10.3. The van der Waals surface area contributed by atoms with Crippen LogP contribution in [0.5, 0.6) is 0 Å². The topological polar surface area (TPSA) is 32.1 Å². The summed E-state index contributed by atoms with van der Waals surface area (Å²) >= 11 is 5.65. The van der Waals surface area contributed by atoms with Crippen LogP contribution in [-0.2, 0) is 12.4 Å². The van der Waals surface area contributed by atoms with E-state index in [4.69, 9.17) is 0 Å². The van der Waals surface area contributed by atoms with Gasteiger partial charge in [-0.15, -0.1) is 0 Å². The number of rotatable bonds is 0. The van der Waals surface area contributed by atoms with Crippen LogP contribution in [0, 0.1) is 0 Å². The zero-order valence-electron chi connectivity index (χ0n) is 3.38. The first-order valence-corrected chi connectivity index (χ1v) is 3.03. The molecule has 0 aromatic carbocycles. The molecule has 1 saturated heterocycles. The fourth-order valence-corrected chi connectivity index (χ4v) is 1.08. The summed E-state index contributed by atoms with van der Waals surface area (Å²) in [4.78, 5) is 10.3. The van der Waals surface area contributed by atoms with Crippen LogP contribution < -0.4 is 5.43 Å². The highest BCUT2D eigenvalue weighted by molar-refractivity contribution is 8.13. The van der Waals surface area contributed by atoms with E-state index in [-0.39, 0.29) is 5.24 Å². The molecule has 0 atom stereocenters. The van der Waals surface area contributed by atoms with Gasteiger partial charge in [-0.3, -0.25) is 0 Å². The Bertz CT molecular complexity index is 109. The molecule has 1 heterocycles. The van der Waals surface area contributed by atoms with Crippen LogP contribution >= 0.6 is 11.8 Å². The summed E-state index contributed by atoms with van der Waals surface area (Å²) in [5.41, 5.74) is 2.63. The Kier molecular flexibility index (Phi) is 1.25. The highest BCUT2D eigenvalue weighted by Gasteiger charge is 2.25. The summed E-state index contributed by atoms with van der Waals surface area (Å²) in [7, 11) is 0. The normalized spacial score (nSPS) is 20.0. The standard InChI is InChI=1S/C2H3N2OS2/c5-2-4(6)3-1-7-2/h1H2,(H,3,6)/q+1. The van der Waals surface area contributed by atoms with Gasteiger partial charge in [-0.1, -0.05) is 0 Å². The second-order valence-corrected chi connectivity index (χ2v) is 2.30. The van der Waals surface area contributed by atoms with E-state index in [1.54, 1.807) is 0 Å². The van der Waals surface area contributed by atoms with Crippen molar-refractivity contribution >= 4 is 29.4 Å². The van der Waals surface area contributed by atoms with Gasteiger partial charge in [-0.25, -0.2) is 4.79 Å². The minimum atomic E-state index is -0.0880. The van der Waals surface area contributed by atoms with Crippen LogP contribution in [0.25, 0.3) is 0 Å². The molecule has 0 bridgehead atoms. The lowest BCUT2D eigenvalue weighted by Gasteiger charge is -1.72. The summed E-state index contributed by atoms with van der Waals surface area (Å²) in [6.07, 6.45) is 0. The lowest BCUT2D eigenvalue weighted by atomic mass is 11.3. The number of carbonyl (C=O) groups excluding carboxylic acids is 1. The van der Waals surface area contributed by atoms with E-state index in [1.807, 2.05) is 0 Å². The van der Waals surface area contributed by atoms with E-state index in [2.05, 4.69) is 17.9 Å². The SMILES string of the molecule is O=C1SCN[N+]1=S. The molecule has 0 aromatic heterocycles. The van der Waals surface area contributed by atoms with Crippen LogP contribution in [0.4, 0.5) is 4.79 Å². The van der Waals surface area contributed by atoms with Gasteiger partial charge in [0.2, 0.25) is 0 Å². The summed E-state index contributed by atoms with van der Waals surface area (Å²) in [5, 5.41) is -0.0880. The maximum atomic E-state index is 10.3. The minimum absolute atomic E-state index is 0.0880. The largest absolute Gasteiger partial charge is 0.493 e. The van der Waals surface area contributed by atoms with Crippen LogP contribution in [0.1, 0.15) is 0 Å². The quantitative estimate of drug-likeness (QED) is 0.476. The molecular formula is C2H3N2OS2+. The van der Waals surface area contributed by atoms with Crippen LogP contribution in [0.3, 0.4) is 0 Å². The Labute approximate surface area is 50.2 Å². The van der Waals surface area contributed by atoms with Gasteiger partial charge >= 0.3 is 17.7 Å². The molecule has 7 heavy (non-hydrogen) atoms. The molecule has 0 radical (unpaired) electrons. The number of hydrazine groups is 1. The van der Waals surface area contributed by atoms with E-state index >= 15 is 0 Å². The van der Waals surface area contributed by atoms with Gasteiger partial charge in [0, 0.05) is 15.8 Å². The summed E-state index contributed by atoms with van der Waals surface area (Å²) in [6.45, 7) is 0. The Morgan fingerprint density at radius 1 is 2.00 bits per heavy atom. The number of carbonyl (C=O) groups is 1. The number of nitrogens with zero attached hydrogens (tertiary/aromatic N) is 1. The number of amides is 1. The fourth-order valence-electron chi connectivity index (χ4n) is 0.276. The molecule has 38 valence electrons. The Hall–Kier alpha value is -0.160. The molecule has 0 unspecified atom stereocenters. The first kappa shape index (κ1) is 4.99. The third-order valence-electron chi connectivity index (χ3n) is 0.570. The Morgan fingerprint density at radius 3 is 2.86 bits per heavy atom. The van der Waals surface area contributed by atoms with Crippen molar-refractivity contribution in [3.63, 3.8) is 0 Å². The van der Waals surface area contributed by atoms with Gasteiger partial charge in [-0.05, 0) is 0 Å². The number of nitrogens with one attached hydrogen (secondary N) is 1. The van der Waals surface area contributed by atoms with Gasteiger partial charge in [-0.2, -0.15) is 5.43 Å². The van der Waals surface area contributed by atoms with Crippen LogP contribution in [-0.4, -0.2) is 15.2 Å². The zero-order chi connectivity index (χ0) is 5.28.